The Hall–Kier alpha value is -1.29. The fraction of sp³-hybridized carbons (Fsp3) is 0.538. The van der Waals surface area contributed by atoms with Crippen LogP contribution in [0.15, 0.2) is 12.1 Å². The maximum Gasteiger partial charge on any atom is 0.128 e. The van der Waals surface area contributed by atoms with Crippen molar-refractivity contribution in [3.8, 4) is 0 Å². The molecule has 0 amide bonds. The van der Waals surface area contributed by atoms with Crippen molar-refractivity contribution in [2.75, 3.05) is 30.3 Å². The molecule has 1 saturated heterocycles. The second kappa shape index (κ2) is 4.92. The van der Waals surface area contributed by atoms with Crippen LogP contribution in [0, 0.1) is 12.7 Å². The van der Waals surface area contributed by atoms with Crippen molar-refractivity contribution < 1.29 is 9.13 Å². The molecule has 1 fully saturated rings. The Morgan fingerprint density at radius 2 is 2.29 bits per heavy atom. The number of morpholine rings is 1. The van der Waals surface area contributed by atoms with Crippen LogP contribution < -0.4 is 10.6 Å². The summed E-state index contributed by atoms with van der Waals surface area (Å²) in [6.07, 6.45) is 1.23. The molecule has 0 aliphatic carbocycles. The maximum absolute atomic E-state index is 13.3. The van der Waals surface area contributed by atoms with Crippen LogP contribution in [0.2, 0.25) is 0 Å². The molecular formula is C13H19FN2O. The summed E-state index contributed by atoms with van der Waals surface area (Å²) < 4.78 is 19.0. The Labute approximate surface area is 101 Å². The number of benzene rings is 1. The molecule has 0 bridgehead atoms. The van der Waals surface area contributed by atoms with Crippen molar-refractivity contribution in [3.05, 3.63) is 23.5 Å². The first-order chi connectivity index (χ1) is 8.11. The van der Waals surface area contributed by atoms with Crippen LogP contribution in [0.1, 0.15) is 18.9 Å². The Balaban J connectivity index is 2.24. The Morgan fingerprint density at radius 1 is 1.53 bits per heavy atom. The number of hydrogen-bond acceptors (Lipinski definition) is 3. The zero-order valence-electron chi connectivity index (χ0n) is 10.4. The van der Waals surface area contributed by atoms with E-state index >= 15 is 0 Å². The molecule has 1 heterocycles. The third-order valence-corrected chi connectivity index (χ3v) is 3.24. The number of ether oxygens (including phenoxy) is 1. The van der Waals surface area contributed by atoms with Gasteiger partial charge in [0.05, 0.1) is 24.1 Å². The van der Waals surface area contributed by atoms with Crippen molar-refractivity contribution in [2.45, 2.75) is 26.4 Å². The van der Waals surface area contributed by atoms with Gasteiger partial charge in [-0.15, -0.1) is 0 Å². The highest BCUT2D eigenvalue weighted by molar-refractivity contribution is 5.69. The Kier molecular flexibility index (Phi) is 3.52. The fourth-order valence-corrected chi connectivity index (χ4v) is 2.14. The van der Waals surface area contributed by atoms with E-state index in [2.05, 4.69) is 11.8 Å². The number of hydrogen-bond donors (Lipinski definition) is 1. The lowest BCUT2D eigenvalue weighted by atomic mass is 10.1. The summed E-state index contributed by atoms with van der Waals surface area (Å²) in [6, 6.07) is 3.23. The molecule has 4 heteroatoms. The number of nitrogens with zero attached hydrogens (tertiary/aromatic N) is 1. The van der Waals surface area contributed by atoms with Gasteiger partial charge in [-0.25, -0.2) is 4.39 Å². The highest BCUT2D eigenvalue weighted by Gasteiger charge is 2.21. The molecule has 2 rings (SSSR count). The second-order valence-corrected chi connectivity index (χ2v) is 4.51. The van der Waals surface area contributed by atoms with Gasteiger partial charge in [0.25, 0.3) is 0 Å². The van der Waals surface area contributed by atoms with E-state index in [4.69, 9.17) is 10.5 Å². The Bertz CT molecular complexity index is 409. The molecule has 1 aliphatic rings. The van der Waals surface area contributed by atoms with Crippen molar-refractivity contribution in [1.29, 1.82) is 0 Å². The van der Waals surface area contributed by atoms with E-state index < -0.39 is 0 Å². The molecule has 17 heavy (non-hydrogen) atoms. The second-order valence-electron chi connectivity index (χ2n) is 4.51. The van der Waals surface area contributed by atoms with Crippen LogP contribution in [0.4, 0.5) is 15.8 Å². The molecule has 1 aromatic carbocycles. The van der Waals surface area contributed by atoms with Crippen molar-refractivity contribution >= 4 is 11.4 Å². The minimum Gasteiger partial charge on any atom is -0.397 e. The van der Waals surface area contributed by atoms with Crippen LogP contribution in [-0.2, 0) is 4.74 Å². The largest absolute Gasteiger partial charge is 0.397 e. The van der Waals surface area contributed by atoms with Crippen LogP contribution in [0.3, 0.4) is 0 Å². The van der Waals surface area contributed by atoms with Gasteiger partial charge in [-0.1, -0.05) is 6.92 Å². The van der Waals surface area contributed by atoms with Gasteiger partial charge in [0, 0.05) is 13.1 Å². The first-order valence-electron chi connectivity index (χ1n) is 6.04. The van der Waals surface area contributed by atoms with Crippen LogP contribution in [-0.4, -0.2) is 25.8 Å². The lowest BCUT2D eigenvalue weighted by molar-refractivity contribution is 0.0385. The van der Waals surface area contributed by atoms with E-state index in [1.54, 1.807) is 6.92 Å². The van der Waals surface area contributed by atoms with Crippen LogP contribution >= 0.6 is 0 Å². The average molecular weight is 238 g/mol. The summed E-state index contributed by atoms with van der Waals surface area (Å²) in [5.74, 6) is -0.244. The third-order valence-electron chi connectivity index (χ3n) is 3.24. The molecule has 1 aromatic rings. The van der Waals surface area contributed by atoms with E-state index in [1.807, 2.05) is 6.07 Å². The number of nitrogens with two attached hydrogens (primary N) is 1. The number of aryl methyl sites for hydroxylation is 1. The predicted octanol–water partition coefficient (Wildman–Crippen LogP) is 2.33. The van der Waals surface area contributed by atoms with Gasteiger partial charge < -0.3 is 15.4 Å². The van der Waals surface area contributed by atoms with Gasteiger partial charge >= 0.3 is 0 Å². The first kappa shape index (κ1) is 12.2. The minimum atomic E-state index is -0.244. The van der Waals surface area contributed by atoms with Gasteiger partial charge in [-0.05, 0) is 31.0 Å². The molecule has 0 radical (unpaired) electrons. The normalized spacial score (nSPS) is 20.6. The molecule has 0 spiro atoms. The van der Waals surface area contributed by atoms with Crippen molar-refractivity contribution in [3.63, 3.8) is 0 Å². The molecule has 1 unspecified atom stereocenters. The lowest BCUT2D eigenvalue weighted by Crippen LogP contribution is -2.42. The molecule has 1 aliphatic heterocycles. The van der Waals surface area contributed by atoms with E-state index in [9.17, 15) is 4.39 Å². The number of nitrogen functional groups attached to an aromatic ring is 1. The highest BCUT2D eigenvalue weighted by atomic mass is 19.1. The predicted molar refractivity (Wildman–Crippen MR) is 67.8 cm³/mol. The first-order valence-corrected chi connectivity index (χ1v) is 6.04. The maximum atomic E-state index is 13.3. The quantitative estimate of drug-likeness (QED) is 0.804. The summed E-state index contributed by atoms with van der Waals surface area (Å²) in [5, 5.41) is 0. The van der Waals surface area contributed by atoms with Gasteiger partial charge in [-0.3, -0.25) is 0 Å². The average Bonchev–Trinajstić information content (AvgIpc) is 2.34. The fourth-order valence-electron chi connectivity index (χ4n) is 2.14. The van der Waals surface area contributed by atoms with Gasteiger partial charge in [-0.2, -0.15) is 0 Å². The third kappa shape index (κ3) is 2.52. The number of rotatable bonds is 2. The van der Waals surface area contributed by atoms with Crippen molar-refractivity contribution in [1.82, 2.24) is 0 Å². The van der Waals surface area contributed by atoms with Gasteiger partial charge in [0.2, 0.25) is 0 Å². The number of halogens is 1. The smallest absolute Gasteiger partial charge is 0.128 e. The van der Waals surface area contributed by atoms with E-state index in [0.29, 0.717) is 17.9 Å². The zero-order valence-corrected chi connectivity index (χ0v) is 10.4. The Morgan fingerprint density at radius 3 is 3.00 bits per heavy atom. The number of anilines is 2. The molecular weight excluding hydrogens is 219 g/mol. The van der Waals surface area contributed by atoms with Crippen molar-refractivity contribution in [2.24, 2.45) is 0 Å². The molecule has 2 N–H and O–H groups in total. The standard InChI is InChI=1S/C13H19FN2O/c1-3-10-8-16(4-5-17-10)13-6-9(2)11(14)7-12(13)15/h6-7,10H,3-5,8,15H2,1-2H3. The van der Waals surface area contributed by atoms with Gasteiger partial charge in [0.1, 0.15) is 5.82 Å². The summed E-state index contributed by atoms with van der Waals surface area (Å²) in [7, 11) is 0. The zero-order chi connectivity index (χ0) is 12.4. The summed E-state index contributed by atoms with van der Waals surface area (Å²) >= 11 is 0. The minimum absolute atomic E-state index is 0.244. The monoisotopic (exact) mass is 238 g/mol. The molecule has 94 valence electrons. The van der Waals surface area contributed by atoms with E-state index in [1.165, 1.54) is 6.07 Å². The topological polar surface area (TPSA) is 38.5 Å². The summed E-state index contributed by atoms with van der Waals surface area (Å²) in [6.45, 7) is 6.20. The lowest BCUT2D eigenvalue weighted by Gasteiger charge is -2.35. The van der Waals surface area contributed by atoms with E-state index in [0.717, 1.165) is 25.2 Å². The summed E-state index contributed by atoms with van der Waals surface area (Å²) in [4.78, 5) is 2.18. The molecule has 0 aromatic heterocycles. The van der Waals surface area contributed by atoms with Gasteiger partial charge in [0.15, 0.2) is 0 Å². The van der Waals surface area contributed by atoms with Crippen LogP contribution in [0.25, 0.3) is 0 Å². The highest BCUT2D eigenvalue weighted by Crippen LogP contribution is 2.28. The SMILES string of the molecule is CCC1CN(c2cc(C)c(F)cc2N)CCO1. The molecule has 3 nitrogen and oxygen atoms in total. The molecule has 1 atom stereocenters. The van der Waals surface area contributed by atoms with E-state index in [-0.39, 0.29) is 11.9 Å². The van der Waals surface area contributed by atoms with Crippen LogP contribution in [0.5, 0.6) is 0 Å². The molecule has 0 saturated carbocycles. The summed E-state index contributed by atoms with van der Waals surface area (Å²) in [5.41, 5.74) is 7.95.